The monoisotopic (exact) mass is 260 g/mol. The van der Waals surface area contributed by atoms with E-state index < -0.39 is 17.9 Å². The van der Waals surface area contributed by atoms with Crippen molar-refractivity contribution in [2.24, 2.45) is 10.7 Å². The number of rotatable bonds is 7. The third-order valence-corrected chi connectivity index (χ3v) is 2.39. The van der Waals surface area contributed by atoms with Crippen molar-refractivity contribution in [2.45, 2.75) is 18.9 Å². The topological polar surface area (TPSA) is 92.8 Å². The molecule has 1 aromatic rings. The van der Waals surface area contributed by atoms with E-state index in [4.69, 9.17) is 10.8 Å². The average molecular weight is 260 g/mol. The molecule has 0 aliphatic carbocycles. The zero-order chi connectivity index (χ0) is 14.1. The SMILES string of the molecule is NC(=O)CCC(N=C/C=C/c1ccccc1)C(=O)O. The van der Waals surface area contributed by atoms with Crippen LogP contribution >= 0.6 is 0 Å². The highest BCUT2D eigenvalue weighted by molar-refractivity contribution is 5.82. The number of amides is 1. The number of carboxylic acids is 1. The highest BCUT2D eigenvalue weighted by Crippen LogP contribution is 2.03. The number of allylic oxidation sites excluding steroid dienone is 1. The van der Waals surface area contributed by atoms with Crippen molar-refractivity contribution in [3.8, 4) is 0 Å². The normalized spacial score (nSPS) is 12.8. The summed E-state index contributed by atoms with van der Waals surface area (Å²) in [5.41, 5.74) is 5.97. The third-order valence-electron chi connectivity index (χ3n) is 2.39. The Balaban J connectivity index is 2.54. The zero-order valence-corrected chi connectivity index (χ0v) is 10.4. The number of nitrogens with zero attached hydrogens (tertiary/aromatic N) is 1. The Labute approximate surface area is 111 Å². The van der Waals surface area contributed by atoms with Gasteiger partial charge in [-0.3, -0.25) is 9.79 Å². The van der Waals surface area contributed by atoms with E-state index in [1.54, 1.807) is 6.08 Å². The number of hydrogen-bond donors (Lipinski definition) is 2. The van der Waals surface area contributed by atoms with E-state index >= 15 is 0 Å². The fourth-order valence-electron chi connectivity index (χ4n) is 1.41. The Morgan fingerprint density at radius 2 is 2.00 bits per heavy atom. The molecule has 0 aliphatic heterocycles. The minimum Gasteiger partial charge on any atom is -0.480 e. The van der Waals surface area contributed by atoms with Crippen molar-refractivity contribution >= 4 is 24.2 Å². The number of carboxylic acid groups (broad SMARTS) is 1. The molecule has 0 radical (unpaired) electrons. The fourth-order valence-corrected chi connectivity index (χ4v) is 1.41. The Morgan fingerprint density at radius 1 is 1.32 bits per heavy atom. The van der Waals surface area contributed by atoms with Crippen LogP contribution in [0, 0.1) is 0 Å². The van der Waals surface area contributed by atoms with Gasteiger partial charge >= 0.3 is 5.97 Å². The largest absolute Gasteiger partial charge is 0.480 e. The first kappa shape index (κ1) is 14.6. The van der Waals surface area contributed by atoms with Crippen LogP contribution in [0.15, 0.2) is 41.4 Å². The molecule has 5 heteroatoms. The van der Waals surface area contributed by atoms with Gasteiger partial charge in [0.1, 0.15) is 6.04 Å². The van der Waals surface area contributed by atoms with Gasteiger partial charge in [0, 0.05) is 12.6 Å². The van der Waals surface area contributed by atoms with E-state index in [0.717, 1.165) is 5.56 Å². The molecule has 0 spiro atoms. The van der Waals surface area contributed by atoms with Crippen LogP contribution in [0.4, 0.5) is 0 Å². The number of benzene rings is 1. The Hall–Kier alpha value is -2.43. The van der Waals surface area contributed by atoms with Crippen LogP contribution in [0.2, 0.25) is 0 Å². The standard InChI is InChI=1S/C14H16N2O3/c15-13(17)9-8-12(14(18)19)16-10-4-7-11-5-2-1-3-6-11/h1-7,10,12H,8-9H2,(H2,15,17)(H,18,19)/b7-4+,16-10?. The van der Waals surface area contributed by atoms with E-state index in [1.807, 2.05) is 36.4 Å². The lowest BCUT2D eigenvalue weighted by Crippen LogP contribution is -2.21. The van der Waals surface area contributed by atoms with Crippen molar-refractivity contribution in [3.05, 3.63) is 42.0 Å². The first-order valence-electron chi connectivity index (χ1n) is 5.85. The molecule has 0 fully saturated rings. The predicted molar refractivity (Wildman–Crippen MR) is 73.8 cm³/mol. The second-order valence-corrected chi connectivity index (χ2v) is 3.93. The lowest BCUT2D eigenvalue weighted by Gasteiger charge is -2.04. The summed E-state index contributed by atoms with van der Waals surface area (Å²) in [5, 5.41) is 8.91. The molecule has 1 aromatic carbocycles. The highest BCUT2D eigenvalue weighted by Gasteiger charge is 2.15. The smallest absolute Gasteiger partial charge is 0.328 e. The van der Waals surface area contributed by atoms with E-state index in [1.165, 1.54) is 6.21 Å². The quantitative estimate of drug-likeness (QED) is 0.727. The van der Waals surface area contributed by atoms with Gasteiger partial charge in [-0.15, -0.1) is 0 Å². The van der Waals surface area contributed by atoms with Gasteiger partial charge in [0.15, 0.2) is 0 Å². The molecule has 100 valence electrons. The summed E-state index contributed by atoms with van der Waals surface area (Å²) in [6.07, 6.45) is 5.02. The maximum absolute atomic E-state index is 10.9. The molecule has 0 aromatic heterocycles. The van der Waals surface area contributed by atoms with E-state index in [9.17, 15) is 9.59 Å². The van der Waals surface area contributed by atoms with Crippen molar-refractivity contribution in [1.29, 1.82) is 0 Å². The summed E-state index contributed by atoms with van der Waals surface area (Å²) < 4.78 is 0. The second kappa shape index (κ2) is 7.81. The maximum atomic E-state index is 10.9. The van der Waals surface area contributed by atoms with Crippen LogP contribution in [0.1, 0.15) is 18.4 Å². The van der Waals surface area contributed by atoms with Crippen LogP contribution < -0.4 is 5.73 Å². The number of aliphatic carboxylic acids is 1. The Kier molecular flexibility index (Phi) is 6.02. The molecule has 19 heavy (non-hydrogen) atoms. The molecular weight excluding hydrogens is 244 g/mol. The summed E-state index contributed by atoms with van der Waals surface area (Å²) in [4.78, 5) is 25.4. The van der Waals surface area contributed by atoms with Crippen LogP contribution in [-0.4, -0.2) is 29.2 Å². The Bertz CT molecular complexity index is 481. The highest BCUT2D eigenvalue weighted by atomic mass is 16.4. The lowest BCUT2D eigenvalue weighted by atomic mass is 10.1. The van der Waals surface area contributed by atoms with Gasteiger partial charge in [-0.05, 0) is 18.1 Å². The molecule has 0 bridgehead atoms. The summed E-state index contributed by atoms with van der Waals surface area (Å²) in [7, 11) is 0. The molecule has 1 amide bonds. The number of hydrogen-bond acceptors (Lipinski definition) is 3. The van der Waals surface area contributed by atoms with Gasteiger partial charge in [0.25, 0.3) is 0 Å². The molecule has 0 heterocycles. The van der Waals surface area contributed by atoms with E-state index in [0.29, 0.717) is 0 Å². The molecule has 0 saturated carbocycles. The number of nitrogens with two attached hydrogens (primary N) is 1. The number of primary amides is 1. The van der Waals surface area contributed by atoms with Gasteiger partial charge in [-0.25, -0.2) is 4.79 Å². The van der Waals surface area contributed by atoms with Gasteiger partial charge in [0.05, 0.1) is 0 Å². The summed E-state index contributed by atoms with van der Waals surface area (Å²) in [5.74, 6) is -1.59. The van der Waals surface area contributed by atoms with E-state index in [-0.39, 0.29) is 12.8 Å². The van der Waals surface area contributed by atoms with Crippen LogP contribution in [0.5, 0.6) is 0 Å². The fraction of sp³-hybridized carbons (Fsp3) is 0.214. The number of aliphatic imine (C=N–C) groups is 1. The number of carbonyl (C=O) groups is 2. The van der Waals surface area contributed by atoms with Crippen LogP contribution in [-0.2, 0) is 9.59 Å². The van der Waals surface area contributed by atoms with Crippen molar-refractivity contribution in [2.75, 3.05) is 0 Å². The lowest BCUT2D eigenvalue weighted by molar-refractivity contribution is -0.138. The number of carbonyl (C=O) groups excluding carboxylic acids is 1. The molecular formula is C14H16N2O3. The molecule has 1 rings (SSSR count). The van der Waals surface area contributed by atoms with Crippen LogP contribution in [0.3, 0.4) is 0 Å². The third kappa shape index (κ3) is 6.16. The average Bonchev–Trinajstić information content (AvgIpc) is 2.38. The first-order valence-corrected chi connectivity index (χ1v) is 5.85. The van der Waals surface area contributed by atoms with Gasteiger partial charge in [-0.1, -0.05) is 36.4 Å². The second-order valence-electron chi connectivity index (χ2n) is 3.93. The maximum Gasteiger partial charge on any atom is 0.328 e. The molecule has 0 aliphatic rings. The summed E-state index contributed by atoms with van der Waals surface area (Å²) >= 11 is 0. The minimum atomic E-state index is -1.06. The van der Waals surface area contributed by atoms with Gasteiger partial charge < -0.3 is 10.8 Å². The van der Waals surface area contributed by atoms with Crippen molar-refractivity contribution < 1.29 is 14.7 Å². The van der Waals surface area contributed by atoms with Gasteiger partial charge in [0.2, 0.25) is 5.91 Å². The minimum absolute atomic E-state index is 0.0106. The van der Waals surface area contributed by atoms with Gasteiger partial charge in [-0.2, -0.15) is 0 Å². The molecule has 1 unspecified atom stereocenters. The summed E-state index contributed by atoms with van der Waals surface area (Å²) in [6.45, 7) is 0. The molecule has 1 atom stereocenters. The van der Waals surface area contributed by atoms with Crippen molar-refractivity contribution in [3.63, 3.8) is 0 Å². The molecule has 0 saturated heterocycles. The zero-order valence-electron chi connectivity index (χ0n) is 10.4. The summed E-state index contributed by atoms with van der Waals surface area (Å²) in [6, 6.07) is 8.63. The Morgan fingerprint density at radius 3 is 2.58 bits per heavy atom. The molecule has 5 nitrogen and oxygen atoms in total. The molecule has 3 N–H and O–H groups in total. The van der Waals surface area contributed by atoms with Crippen molar-refractivity contribution in [1.82, 2.24) is 0 Å². The van der Waals surface area contributed by atoms with Crippen LogP contribution in [0.25, 0.3) is 6.08 Å². The first-order chi connectivity index (χ1) is 9.09. The predicted octanol–water partition coefficient (Wildman–Crippen LogP) is 1.49. The van der Waals surface area contributed by atoms with E-state index in [2.05, 4.69) is 4.99 Å².